The van der Waals surface area contributed by atoms with E-state index in [4.69, 9.17) is 14.2 Å². The van der Waals surface area contributed by atoms with Crippen molar-refractivity contribution in [2.45, 2.75) is 45.4 Å². The average Bonchev–Trinajstić information content (AvgIpc) is 2.76. The molecule has 6 nitrogen and oxygen atoms in total. The summed E-state index contributed by atoms with van der Waals surface area (Å²) in [7, 11) is 0. The second kappa shape index (κ2) is 11.1. The minimum absolute atomic E-state index is 0.171. The molecule has 31 heavy (non-hydrogen) atoms. The zero-order valence-corrected chi connectivity index (χ0v) is 18.2. The fourth-order valence-electron chi connectivity index (χ4n) is 3.18. The smallest absolute Gasteiger partial charge is 0.310 e. The largest absolute Gasteiger partial charge is 0.461 e. The first kappa shape index (κ1) is 23.9. The van der Waals surface area contributed by atoms with Gasteiger partial charge in [-0.05, 0) is 41.8 Å². The monoisotopic (exact) mass is 424 g/mol. The van der Waals surface area contributed by atoms with Crippen molar-refractivity contribution in [3.05, 3.63) is 72.3 Å². The highest BCUT2D eigenvalue weighted by molar-refractivity contribution is 5.72. The van der Waals surface area contributed by atoms with Gasteiger partial charge in [0.1, 0.15) is 18.1 Å². The van der Waals surface area contributed by atoms with Crippen molar-refractivity contribution < 1.29 is 28.6 Å². The maximum atomic E-state index is 12.1. The quantitative estimate of drug-likeness (QED) is 0.311. The lowest BCUT2D eigenvalue weighted by Crippen LogP contribution is -2.25. The second-order valence-electron chi connectivity index (χ2n) is 7.27. The van der Waals surface area contributed by atoms with Crippen LogP contribution in [0.15, 0.2) is 61.2 Å². The Morgan fingerprint density at radius 1 is 0.903 bits per heavy atom. The summed E-state index contributed by atoms with van der Waals surface area (Å²) in [5.41, 5.74) is 1.36. The summed E-state index contributed by atoms with van der Waals surface area (Å²) in [6, 6.07) is 14.4. The first-order valence-electron chi connectivity index (χ1n) is 10.1. The number of hydrogen-bond acceptors (Lipinski definition) is 6. The maximum absolute atomic E-state index is 12.1. The number of benzene rings is 2. The van der Waals surface area contributed by atoms with E-state index in [1.165, 1.54) is 13.0 Å². The standard InChI is InChI=1S/C25H28O6/c1-5-17-29-24(28)15-16-25(4,19-7-11-21(12-8-19)30-18(3)26)20-9-13-22(14-10-20)31-23(27)6-2/h5,7-14H,1,6,15-17H2,2-4H3. The molecule has 0 aliphatic carbocycles. The molecule has 2 rings (SSSR count). The van der Waals surface area contributed by atoms with E-state index in [0.717, 1.165) is 11.1 Å². The zero-order valence-electron chi connectivity index (χ0n) is 18.2. The Balaban J connectivity index is 2.32. The lowest BCUT2D eigenvalue weighted by molar-refractivity contribution is -0.142. The van der Waals surface area contributed by atoms with Crippen molar-refractivity contribution in [2.24, 2.45) is 0 Å². The molecule has 0 N–H and O–H groups in total. The van der Waals surface area contributed by atoms with Gasteiger partial charge in [-0.1, -0.05) is 50.8 Å². The number of carbonyl (C=O) groups is 3. The molecule has 0 fully saturated rings. The molecule has 0 saturated heterocycles. The average molecular weight is 424 g/mol. The molecule has 164 valence electrons. The van der Waals surface area contributed by atoms with Gasteiger partial charge < -0.3 is 14.2 Å². The molecule has 2 aromatic carbocycles. The van der Waals surface area contributed by atoms with Gasteiger partial charge in [0.05, 0.1) is 0 Å². The molecular formula is C25H28O6. The highest BCUT2D eigenvalue weighted by atomic mass is 16.5. The van der Waals surface area contributed by atoms with Gasteiger partial charge in [0.15, 0.2) is 0 Å². The molecule has 0 amide bonds. The van der Waals surface area contributed by atoms with Crippen LogP contribution in [-0.4, -0.2) is 24.5 Å². The third-order valence-corrected chi connectivity index (χ3v) is 4.96. The van der Waals surface area contributed by atoms with Crippen LogP contribution in [-0.2, 0) is 24.5 Å². The van der Waals surface area contributed by atoms with Crippen LogP contribution in [0, 0.1) is 0 Å². The Bertz CT molecular complexity index is 914. The summed E-state index contributed by atoms with van der Waals surface area (Å²) in [5, 5.41) is 0. The third kappa shape index (κ3) is 6.81. The lowest BCUT2D eigenvalue weighted by Gasteiger charge is -2.31. The van der Waals surface area contributed by atoms with Gasteiger partial charge in [-0.2, -0.15) is 0 Å². The number of hydrogen-bond donors (Lipinski definition) is 0. The van der Waals surface area contributed by atoms with Gasteiger partial charge in [0, 0.05) is 25.2 Å². The fourth-order valence-corrected chi connectivity index (χ4v) is 3.18. The van der Waals surface area contributed by atoms with Crippen molar-refractivity contribution >= 4 is 17.9 Å². The number of esters is 3. The van der Waals surface area contributed by atoms with Gasteiger partial charge in [0.25, 0.3) is 0 Å². The summed E-state index contributed by atoms with van der Waals surface area (Å²) in [4.78, 5) is 34.8. The molecule has 0 aliphatic rings. The van der Waals surface area contributed by atoms with Crippen LogP contribution in [0.25, 0.3) is 0 Å². The van der Waals surface area contributed by atoms with Crippen molar-refractivity contribution in [3.8, 4) is 11.5 Å². The number of ether oxygens (including phenoxy) is 3. The Kier molecular flexibility index (Phi) is 8.55. The van der Waals surface area contributed by atoms with Gasteiger partial charge in [-0.25, -0.2) is 0 Å². The molecular weight excluding hydrogens is 396 g/mol. The zero-order chi connectivity index (χ0) is 22.9. The maximum Gasteiger partial charge on any atom is 0.310 e. The highest BCUT2D eigenvalue weighted by Crippen LogP contribution is 2.38. The van der Waals surface area contributed by atoms with E-state index in [0.29, 0.717) is 24.3 Å². The van der Waals surface area contributed by atoms with Gasteiger partial charge >= 0.3 is 17.9 Å². The summed E-state index contributed by atoms with van der Waals surface area (Å²) in [6.45, 7) is 8.83. The van der Waals surface area contributed by atoms with Gasteiger partial charge in [0.2, 0.25) is 0 Å². The van der Waals surface area contributed by atoms with Crippen LogP contribution in [0.2, 0.25) is 0 Å². The SMILES string of the molecule is C=CCOC(=O)CCC(C)(c1ccc(OC(C)=O)cc1)c1ccc(OC(=O)CC)cc1. The number of rotatable bonds is 10. The van der Waals surface area contributed by atoms with Crippen molar-refractivity contribution in [1.82, 2.24) is 0 Å². The van der Waals surface area contributed by atoms with Crippen LogP contribution in [0.5, 0.6) is 11.5 Å². The topological polar surface area (TPSA) is 78.9 Å². The molecule has 0 aliphatic heterocycles. The molecule has 0 spiro atoms. The summed E-state index contributed by atoms with van der Waals surface area (Å²) < 4.78 is 15.5. The van der Waals surface area contributed by atoms with Crippen LogP contribution >= 0.6 is 0 Å². The number of carbonyl (C=O) groups excluding carboxylic acids is 3. The van der Waals surface area contributed by atoms with E-state index >= 15 is 0 Å². The Morgan fingerprint density at radius 3 is 1.87 bits per heavy atom. The first-order chi connectivity index (χ1) is 14.8. The molecule has 0 bridgehead atoms. The van der Waals surface area contributed by atoms with E-state index in [9.17, 15) is 14.4 Å². The summed E-state index contributed by atoms with van der Waals surface area (Å²) in [5.74, 6) is -0.0882. The normalized spacial score (nSPS) is 12.4. The third-order valence-electron chi connectivity index (χ3n) is 4.96. The van der Waals surface area contributed by atoms with Crippen molar-refractivity contribution in [2.75, 3.05) is 6.61 Å². The molecule has 0 saturated carbocycles. The van der Waals surface area contributed by atoms with E-state index < -0.39 is 11.4 Å². The van der Waals surface area contributed by atoms with E-state index in [2.05, 4.69) is 6.58 Å². The molecule has 1 unspecified atom stereocenters. The van der Waals surface area contributed by atoms with Crippen molar-refractivity contribution in [3.63, 3.8) is 0 Å². The molecule has 0 heterocycles. The van der Waals surface area contributed by atoms with Crippen LogP contribution in [0.3, 0.4) is 0 Å². The molecule has 2 aromatic rings. The second-order valence-corrected chi connectivity index (χ2v) is 7.27. The highest BCUT2D eigenvalue weighted by Gasteiger charge is 2.30. The fraction of sp³-hybridized carbons (Fsp3) is 0.320. The molecule has 0 aromatic heterocycles. The summed E-state index contributed by atoms with van der Waals surface area (Å²) in [6.07, 6.45) is 2.52. The van der Waals surface area contributed by atoms with Crippen LogP contribution < -0.4 is 9.47 Å². The van der Waals surface area contributed by atoms with Crippen molar-refractivity contribution in [1.29, 1.82) is 0 Å². The molecule has 0 radical (unpaired) electrons. The molecule has 6 heteroatoms. The Hall–Kier alpha value is -3.41. The van der Waals surface area contributed by atoms with Crippen LogP contribution in [0.1, 0.15) is 51.2 Å². The predicted molar refractivity (Wildman–Crippen MR) is 117 cm³/mol. The van der Waals surface area contributed by atoms with Gasteiger partial charge in [-0.15, -0.1) is 0 Å². The minimum atomic E-state index is -0.532. The first-order valence-corrected chi connectivity index (χ1v) is 10.1. The minimum Gasteiger partial charge on any atom is -0.461 e. The van der Waals surface area contributed by atoms with Gasteiger partial charge in [-0.3, -0.25) is 14.4 Å². The van der Waals surface area contributed by atoms with E-state index in [-0.39, 0.29) is 25.0 Å². The predicted octanol–water partition coefficient (Wildman–Crippen LogP) is 4.74. The Morgan fingerprint density at radius 2 is 1.42 bits per heavy atom. The summed E-state index contributed by atoms with van der Waals surface area (Å²) >= 11 is 0. The van der Waals surface area contributed by atoms with E-state index in [1.807, 2.05) is 31.2 Å². The Labute approximate surface area is 182 Å². The lowest BCUT2D eigenvalue weighted by atomic mass is 9.73. The van der Waals surface area contributed by atoms with E-state index in [1.54, 1.807) is 31.2 Å². The van der Waals surface area contributed by atoms with Crippen LogP contribution in [0.4, 0.5) is 0 Å². The molecule has 1 atom stereocenters.